The van der Waals surface area contributed by atoms with Crippen LogP contribution in [0.1, 0.15) is 11.1 Å². The Hall–Kier alpha value is -2.33. The molecule has 11 heteroatoms. The maximum Gasteiger partial charge on any atom is 0.393 e. The van der Waals surface area contributed by atoms with Crippen molar-refractivity contribution in [2.24, 2.45) is 11.8 Å². The van der Waals surface area contributed by atoms with Gasteiger partial charge in [0.25, 0.3) is 0 Å². The number of carboxylic acid groups (broad SMARTS) is 1. The molecule has 3 amide bonds. The van der Waals surface area contributed by atoms with E-state index in [1.807, 2.05) is 18.3 Å². The van der Waals surface area contributed by atoms with Crippen molar-refractivity contribution in [2.45, 2.75) is 20.0 Å². The fraction of sp³-hybridized carbons (Fsp3) is 0.471. The number of urea groups is 1. The van der Waals surface area contributed by atoms with Crippen molar-refractivity contribution in [3.63, 3.8) is 0 Å². The number of imide groups is 1. The molecule has 28 heavy (non-hydrogen) atoms. The molecule has 1 aliphatic heterocycles. The number of hydrogen-bond acceptors (Lipinski definition) is 4. The van der Waals surface area contributed by atoms with Gasteiger partial charge in [0.1, 0.15) is 0 Å². The highest BCUT2D eigenvalue weighted by Gasteiger charge is 2.52. The van der Waals surface area contributed by atoms with Gasteiger partial charge < -0.3 is 10.4 Å². The predicted octanol–water partition coefficient (Wildman–Crippen LogP) is 2.57. The van der Waals surface area contributed by atoms with Gasteiger partial charge in [0.2, 0.25) is 5.91 Å². The highest BCUT2D eigenvalue weighted by Crippen LogP contribution is 2.37. The van der Waals surface area contributed by atoms with Crippen molar-refractivity contribution in [1.82, 2.24) is 10.2 Å². The number of halogens is 4. The molecular weight excluding hydrogens is 403 g/mol. The Labute approximate surface area is 165 Å². The molecule has 156 valence electrons. The van der Waals surface area contributed by atoms with E-state index in [4.69, 9.17) is 5.11 Å². The van der Waals surface area contributed by atoms with Crippen LogP contribution in [0.15, 0.2) is 18.2 Å². The minimum atomic E-state index is -4.67. The minimum absolute atomic E-state index is 0. The van der Waals surface area contributed by atoms with Crippen LogP contribution in [0.4, 0.5) is 23.7 Å². The normalized spacial score (nSPS) is 19.6. The maximum absolute atomic E-state index is 13.0. The van der Waals surface area contributed by atoms with Crippen LogP contribution in [0.2, 0.25) is 0 Å². The van der Waals surface area contributed by atoms with Gasteiger partial charge in [-0.05, 0) is 31.0 Å². The Morgan fingerprint density at radius 2 is 1.86 bits per heavy atom. The van der Waals surface area contributed by atoms with E-state index >= 15 is 0 Å². The number of likely N-dealkylation sites (tertiary alicyclic amines) is 1. The Balaban J connectivity index is 0.00000392. The van der Waals surface area contributed by atoms with Crippen molar-refractivity contribution < 1.29 is 32.7 Å². The fourth-order valence-corrected chi connectivity index (χ4v) is 3.01. The third kappa shape index (κ3) is 5.83. The summed E-state index contributed by atoms with van der Waals surface area (Å²) in [6.07, 6.45) is -4.67. The largest absolute Gasteiger partial charge is 0.481 e. The van der Waals surface area contributed by atoms with Gasteiger partial charge in [-0.2, -0.15) is 13.2 Å². The van der Waals surface area contributed by atoms with Crippen molar-refractivity contribution in [3.8, 4) is 0 Å². The molecule has 0 spiro atoms. The second kappa shape index (κ2) is 9.24. The van der Waals surface area contributed by atoms with Crippen LogP contribution in [-0.2, 0) is 9.59 Å². The molecule has 0 unspecified atom stereocenters. The highest BCUT2D eigenvalue weighted by atomic mass is 35.5. The predicted molar refractivity (Wildman–Crippen MR) is 97.4 cm³/mol. The zero-order valence-corrected chi connectivity index (χ0v) is 16.0. The lowest BCUT2D eigenvalue weighted by molar-refractivity contribution is -0.188. The van der Waals surface area contributed by atoms with E-state index in [2.05, 4.69) is 5.32 Å². The quantitative estimate of drug-likeness (QED) is 0.691. The molecule has 0 radical (unpaired) electrons. The van der Waals surface area contributed by atoms with Gasteiger partial charge in [0.15, 0.2) is 0 Å². The van der Waals surface area contributed by atoms with E-state index in [-0.39, 0.29) is 12.4 Å². The van der Waals surface area contributed by atoms with Gasteiger partial charge in [0.05, 0.1) is 18.4 Å². The number of nitrogens with zero attached hydrogens (tertiary/aromatic N) is 1. The zero-order valence-electron chi connectivity index (χ0n) is 15.2. The molecule has 0 bridgehead atoms. The van der Waals surface area contributed by atoms with E-state index in [1.165, 1.54) is 0 Å². The average Bonchev–Trinajstić information content (AvgIpc) is 2.96. The van der Waals surface area contributed by atoms with Crippen LogP contribution in [0, 0.1) is 25.7 Å². The second-order valence-corrected chi connectivity index (χ2v) is 6.54. The van der Waals surface area contributed by atoms with Crippen molar-refractivity contribution in [3.05, 3.63) is 29.3 Å². The smallest absolute Gasteiger partial charge is 0.393 e. The summed E-state index contributed by atoms with van der Waals surface area (Å²) in [4.78, 5) is 36.0. The Bertz CT molecular complexity index is 758. The summed E-state index contributed by atoms with van der Waals surface area (Å²) in [5.74, 6) is -6.06. The van der Waals surface area contributed by atoms with Crippen molar-refractivity contribution in [2.75, 3.05) is 25.0 Å². The highest BCUT2D eigenvalue weighted by molar-refractivity contribution is 6.02. The Morgan fingerprint density at radius 1 is 1.21 bits per heavy atom. The first-order valence-corrected chi connectivity index (χ1v) is 8.18. The van der Waals surface area contributed by atoms with Crippen LogP contribution in [0.25, 0.3) is 0 Å². The molecule has 2 atom stereocenters. The number of aliphatic carboxylic acids is 1. The van der Waals surface area contributed by atoms with Gasteiger partial charge in [0, 0.05) is 18.8 Å². The number of carbonyl (C=O) groups is 3. The standard InChI is InChI=1S/C17H20F3N3O4.ClH/c1-9-4-3-5-13(10(9)2)21-16(27)22-14(24)8-23-6-11(15(25)26)12(7-23)17(18,19)20;/h3-5,11-12H,6-8H2,1-2H3,(H,25,26)(H2,21,22,24,27);1H/t11-,12-;/m1./s1. The van der Waals surface area contributed by atoms with Crippen LogP contribution < -0.4 is 10.6 Å². The topological polar surface area (TPSA) is 98.7 Å². The number of rotatable bonds is 4. The van der Waals surface area contributed by atoms with E-state index in [1.54, 1.807) is 19.1 Å². The van der Waals surface area contributed by atoms with E-state index in [0.717, 1.165) is 16.0 Å². The summed E-state index contributed by atoms with van der Waals surface area (Å²) in [6.45, 7) is 2.13. The van der Waals surface area contributed by atoms with E-state index in [0.29, 0.717) is 5.69 Å². The number of hydrogen-bond donors (Lipinski definition) is 3. The van der Waals surface area contributed by atoms with Crippen molar-refractivity contribution in [1.29, 1.82) is 0 Å². The van der Waals surface area contributed by atoms with Crippen LogP contribution in [0.3, 0.4) is 0 Å². The van der Waals surface area contributed by atoms with Gasteiger partial charge in [-0.15, -0.1) is 12.4 Å². The van der Waals surface area contributed by atoms with E-state index in [9.17, 15) is 27.6 Å². The number of alkyl halides is 3. The molecule has 0 aliphatic carbocycles. The Morgan fingerprint density at radius 3 is 2.39 bits per heavy atom. The van der Waals surface area contributed by atoms with Crippen LogP contribution in [0.5, 0.6) is 0 Å². The Kier molecular flexibility index (Phi) is 7.83. The lowest BCUT2D eigenvalue weighted by atomic mass is 9.96. The third-order valence-corrected chi connectivity index (χ3v) is 4.61. The number of aryl methyl sites for hydroxylation is 1. The summed E-state index contributed by atoms with van der Waals surface area (Å²) in [7, 11) is 0. The molecular formula is C17H21ClF3N3O4. The first kappa shape index (κ1) is 23.7. The van der Waals surface area contributed by atoms with Gasteiger partial charge >= 0.3 is 18.2 Å². The summed E-state index contributed by atoms with van der Waals surface area (Å²) in [6, 6.07) is 4.42. The first-order valence-electron chi connectivity index (χ1n) is 8.18. The molecule has 1 heterocycles. The second-order valence-electron chi connectivity index (χ2n) is 6.54. The molecule has 0 saturated carbocycles. The number of carboxylic acids is 1. The lowest BCUT2D eigenvalue weighted by Crippen LogP contribution is -2.41. The molecule has 7 nitrogen and oxygen atoms in total. The number of amides is 3. The molecule has 0 aromatic heterocycles. The molecule has 1 aromatic carbocycles. The zero-order chi connectivity index (χ0) is 20.4. The third-order valence-electron chi connectivity index (χ3n) is 4.61. The molecule has 1 aromatic rings. The summed E-state index contributed by atoms with van der Waals surface area (Å²) in [5.41, 5.74) is 2.26. The van der Waals surface area contributed by atoms with Gasteiger partial charge in [-0.3, -0.25) is 19.8 Å². The monoisotopic (exact) mass is 423 g/mol. The first-order chi connectivity index (χ1) is 12.5. The average molecular weight is 424 g/mol. The van der Waals surface area contributed by atoms with Crippen LogP contribution >= 0.6 is 12.4 Å². The lowest BCUT2D eigenvalue weighted by Gasteiger charge is -2.18. The molecule has 1 fully saturated rings. The number of nitrogens with one attached hydrogen (secondary N) is 2. The molecule has 1 aliphatic rings. The SMILES string of the molecule is Cc1cccc(NC(=O)NC(=O)CN2C[C@@H](C(F)(F)F)[C@H](C(=O)O)C2)c1C.Cl. The minimum Gasteiger partial charge on any atom is -0.481 e. The summed E-state index contributed by atoms with van der Waals surface area (Å²) >= 11 is 0. The summed E-state index contributed by atoms with van der Waals surface area (Å²) < 4.78 is 38.9. The number of carbonyl (C=O) groups excluding carboxylic acids is 2. The summed E-state index contributed by atoms with van der Waals surface area (Å²) in [5, 5.41) is 13.5. The number of anilines is 1. The number of benzene rings is 1. The maximum atomic E-state index is 13.0. The van der Waals surface area contributed by atoms with Gasteiger partial charge in [-0.1, -0.05) is 12.1 Å². The fourth-order valence-electron chi connectivity index (χ4n) is 3.01. The molecule has 1 saturated heterocycles. The van der Waals surface area contributed by atoms with E-state index < -0.39 is 55.6 Å². The molecule has 3 N–H and O–H groups in total. The van der Waals surface area contributed by atoms with Gasteiger partial charge in [-0.25, -0.2) is 4.79 Å². The van der Waals surface area contributed by atoms with Crippen molar-refractivity contribution >= 4 is 36.0 Å². The molecule has 2 rings (SSSR count). The van der Waals surface area contributed by atoms with Crippen LogP contribution in [-0.4, -0.2) is 53.7 Å².